The minimum absolute atomic E-state index is 0.0148. The second-order valence-corrected chi connectivity index (χ2v) is 11.7. The van der Waals surface area contributed by atoms with Crippen molar-refractivity contribution in [2.45, 2.75) is 44.9 Å². The molecule has 1 amide bonds. The monoisotopic (exact) mass is 557 g/mol. The van der Waals surface area contributed by atoms with Crippen molar-refractivity contribution in [1.29, 1.82) is 0 Å². The van der Waals surface area contributed by atoms with Crippen LogP contribution in [0.25, 0.3) is 0 Å². The van der Waals surface area contributed by atoms with Crippen molar-refractivity contribution >= 4 is 21.6 Å². The van der Waals surface area contributed by atoms with Gasteiger partial charge in [-0.15, -0.1) is 0 Å². The first-order valence-electron chi connectivity index (χ1n) is 12.9. The molecule has 7 nitrogen and oxygen atoms in total. The summed E-state index contributed by atoms with van der Waals surface area (Å²) in [6.07, 6.45) is 1.29. The van der Waals surface area contributed by atoms with Gasteiger partial charge in [0.05, 0.1) is 24.1 Å². The molecule has 1 aliphatic heterocycles. The van der Waals surface area contributed by atoms with Crippen LogP contribution in [-0.2, 0) is 35.8 Å². The number of hydrogen-bond donors (Lipinski definition) is 3. The van der Waals surface area contributed by atoms with Crippen LogP contribution < -0.4 is 14.9 Å². The van der Waals surface area contributed by atoms with E-state index in [0.29, 0.717) is 29.8 Å². The summed E-state index contributed by atoms with van der Waals surface area (Å²) in [4.78, 5) is 13.4. The lowest BCUT2D eigenvalue weighted by atomic mass is 9.98. The van der Waals surface area contributed by atoms with Crippen molar-refractivity contribution in [3.05, 3.63) is 100 Å². The van der Waals surface area contributed by atoms with Gasteiger partial charge in [-0.05, 0) is 65.8 Å². The van der Waals surface area contributed by atoms with Gasteiger partial charge in [-0.2, -0.15) is 0 Å². The molecule has 0 aliphatic carbocycles. The zero-order chi connectivity index (χ0) is 28.2. The Kier molecular flexibility index (Phi) is 8.99. The molecule has 10 heteroatoms. The largest absolute Gasteiger partial charge is 0.390 e. The molecule has 0 aromatic heterocycles. The average Bonchev–Trinajstić information content (AvgIpc) is 3.33. The number of rotatable bonds is 11. The highest BCUT2D eigenvalue weighted by atomic mass is 32.2. The van der Waals surface area contributed by atoms with Crippen molar-refractivity contribution < 1.29 is 27.1 Å². The number of aliphatic hydroxyl groups excluding tert-OH is 1. The molecule has 3 aromatic rings. The molecule has 4 rings (SSSR count). The first kappa shape index (κ1) is 28.7. The van der Waals surface area contributed by atoms with E-state index in [0.717, 1.165) is 24.3 Å². The number of anilines is 1. The Balaban J connectivity index is 1.53. The molecular weight excluding hydrogens is 524 g/mol. The maximum absolute atomic E-state index is 13.9. The van der Waals surface area contributed by atoms with Crippen molar-refractivity contribution in [1.82, 2.24) is 10.6 Å². The molecule has 0 bridgehead atoms. The Bertz CT molecular complexity index is 1430. The van der Waals surface area contributed by atoms with Crippen LogP contribution >= 0.6 is 0 Å². The zero-order valence-electron chi connectivity index (χ0n) is 22.0. The van der Waals surface area contributed by atoms with Gasteiger partial charge in [-0.1, -0.05) is 37.3 Å². The van der Waals surface area contributed by atoms with Crippen LogP contribution in [0.15, 0.2) is 60.7 Å². The highest BCUT2D eigenvalue weighted by molar-refractivity contribution is 7.92. The van der Waals surface area contributed by atoms with Gasteiger partial charge in [0.1, 0.15) is 11.6 Å². The van der Waals surface area contributed by atoms with Crippen LogP contribution in [-0.4, -0.2) is 50.9 Å². The number of aryl methyl sites for hydroxylation is 1. The number of halogens is 2. The normalized spacial score (nSPS) is 14.6. The van der Waals surface area contributed by atoms with Crippen LogP contribution in [0, 0.1) is 11.6 Å². The van der Waals surface area contributed by atoms with E-state index in [1.807, 2.05) is 18.2 Å². The maximum Gasteiger partial charge on any atom is 0.251 e. The topological polar surface area (TPSA) is 98.7 Å². The summed E-state index contributed by atoms with van der Waals surface area (Å²) in [5.41, 5.74) is 3.87. The fourth-order valence-corrected chi connectivity index (χ4v) is 5.89. The number of nitrogens with zero attached hydrogens (tertiary/aromatic N) is 1. The predicted molar refractivity (Wildman–Crippen MR) is 147 cm³/mol. The summed E-state index contributed by atoms with van der Waals surface area (Å²) in [5.74, 6) is -2.00. The van der Waals surface area contributed by atoms with Gasteiger partial charge >= 0.3 is 0 Å². The first-order chi connectivity index (χ1) is 18.5. The van der Waals surface area contributed by atoms with E-state index in [1.165, 1.54) is 22.0 Å². The minimum atomic E-state index is -3.50. The molecule has 2 unspecified atom stereocenters. The maximum atomic E-state index is 13.9. The summed E-state index contributed by atoms with van der Waals surface area (Å²) in [5, 5.41) is 17.1. The van der Waals surface area contributed by atoms with Gasteiger partial charge in [0, 0.05) is 31.3 Å². The Morgan fingerprint density at radius 1 is 1.03 bits per heavy atom. The zero-order valence-corrected chi connectivity index (χ0v) is 22.8. The van der Waals surface area contributed by atoms with Crippen LogP contribution in [0.4, 0.5) is 14.5 Å². The summed E-state index contributed by atoms with van der Waals surface area (Å²) >= 11 is 0. The summed E-state index contributed by atoms with van der Waals surface area (Å²) in [6, 6.07) is 15.1. The van der Waals surface area contributed by atoms with E-state index in [4.69, 9.17) is 0 Å². The third-order valence-corrected chi connectivity index (χ3v) is 8.05. The van der Waals surface area contributed by atoms with Crippen LogP contribution in [0.3, 0.4) is 0 Å². The second-order valence-electron chi connectivity index (χ2n) is 9.82. The average molecular weight is 558 g/mol. The molecule has 1 aliphatic rings. The van der Waals surface area contributed by atoms with Gasteiger partial charge in [-0.3, -0.25) is 9.10 Å². The number of amides is 1. The van der Waals surface area contributed by atoms with Crippen molar-refractivity contribution in [3.8, 4) is 0 Å². The molecule has 0 saturated carbocycles. The molecule has 0 spiro atoms. The second kappa shape index (κ2) is 12.2. The van der Waals surface area contributed by atoms with Crippen molar-refractivity contribution in [2.75, 3.05) is 23.7 Å². The molecule has 1 heterocycles. The van der Waals surface area contributed by atoms with Crippen LogP contribution in [0.1, 0.15) is 39.5 Å². The number of carbonyl (C=O) groups is 1. The van der Waals surface area contributed by atoms with Gasteiger partial charge in [0.15, 0.2) is 0 Å². The summed E-state index contributed by atoms with van der Waals surface area (Å²) in [6.45, 7) is 2.91. The Labute approximate surface area is 227 Å². The Morgan fingerprint density at radius 3 is 2.41 bits per heavy atom. The lowest BCUT2D eigenvalue weighted by Crippen LogP contribution is -2.48. The van der Waals surface area contributed by atoms with Crippen LogP contribution in [0.5, 0.6) is 0 Å². The molecule has 3 aromatic carbocycles. The highest BCUT2D eigenvalue weighted by Gasteiger charge is 2.31. The molecule has 39 heavy (non-hydrogen) atoms. The number of sulfonamides is 1. The first-order valence-corrected chi connectivity index (χ1v) is 14.7. The SMILES string of the molecule is CCc1cccc(CNCC(O)C(Cc2cc(F)cc(F)c2)NC(=O)c2cccc3c2CCN3S(C)(=O)=O)c1. The summed E-state index contributed by atoms with van der Waals surface area (Å²) in [7, 11) is -3.50. The third kappa shape index (κ3) is 7.20. The molecule has 208 valence electrons. The predicted octanol–water partition coefficient (Wildman–Crippen LogP) is 3.34. The molecule has 0 saturated heterocycles. The lowest BCUT2D eigenvalue weighted by molar-refractivity contribution is 0.0829. The van der Waals surface area contributed by atoms with Gasteiger partial charge in [-0.25, -0.2) is 17.2 Å². The number of aliphatic hydroxyl groups is 1. The van der Waals surface area contributed by atoms with E-state index in [9.17, 15) is 27.1 Å². The van der Waals surface area contributed by atoms with E-state index in [2.05, 4.69) is 23.6 Å². The van der Waals surface area contributed by atoms with Gasteiger partial charge in [0.2, 0.25) is 10.0 Å². The van der Waals surface area contributed by atoms with Gasteiger partial charge in [0.25, 0.3) is 5.91 Å². The van der Waals surface area contributed by atoms with Crippen LogP contribution in [0.2, 0.25) is 0 Å². The number of fused-ring (bicyclic) bond motifs is 1. The van der Waals surface area contributed by atoms with E-state index < -0.39 is 39.7 Å². The highest BCUT2D eigenvalue weighted by Crippen LogP contribution is 2.32. The fourth-order valence-electron chi connectivity index (χ4n) is 4.94. The number of benzene rings is 3. The molecule has 0 radical (unpaired) electrons. The number of carbonyl (C=O) groups excluding carboxylic acids is 1. The fraction of sp³-hybridized carbons (Fsp3) is 0.345. The van der Waals surface area contributed by atoms with Crippen molar-refractivity contribution in [3.63, 3.8) is 0 Å². The third-order valence-electron chi connectivity index (χ3n) is 6.87. The quantitative estimate of drug-likeness (QED) is 0.336. The van der Waals surface area contributed by atoms with E-state index in [-0.39, 0.29) is 25.1 Å². The summed E-state index contributed by atoms with van der Waals surface area (Å²) < 4.78 is 53.4. The minimum Gasteiger partial charge on any atom is -0.390 e. The molecular formula is C29H33F2N3O4S. The van der Waals surface area contributed by atoms with Gasteiger partial charge < -0.3 is 15.7 Å². The van der Waals surface area contributed by atoms with E-state index in [1.54, 1.807) is 18.2 Å². The smallest absolute Gasteiger partial charge is 0.251 e. The number of nitrogens with one attached hydrogen (secondary N) is 2. The lowest BCUT2D eigenvalue weighted by Gasteiger charge is -2.25. The van der Waals surface area contributed by atoms with Crippen molar-refractivity contribution in [2.24, 2.45) is 0 Å². The Morgan fingerprint density at radius 2 is 1.72 bits per heavy atom. The molecule has 3 N–H and O–H groups in total. The molecule has 0 fully saturated rings. The van der Waals surface area contributed by atoms with E-state index >= 15 is 0 Å². The Hall–Kier alpha value is -3.34. The standard InChI is InChI=1S/C29H33F2N3O4S/c1-3-19-6-4-7-20(12-19)17-32-18-28(35)26(15-21-13-22(30)16-23(31)14-21)33-29(36)25-8-5-9-27-24(25)10-11-34(27)39(2,37)38/h4-9,12-14,16,26,28,32,35H,3,10-11,15,17-18H2,1-2H3,(H,33,36). The molecule has 2 atom stereocenters. The number of hydrogen-bond acceptors (Lipinski definition) is 5.